The number of amides is 1. The van der Waals surface area contributed by atoms with Crippen LogP contribution in [-0.2, 0) is 19.5 Å². The number of aromatic nitrogens is 2. The van der Waals surface area contributed by atoms with Crippen LogP contribution in [0.2, 0.25) is 0 Å². The van der Waals surface area contributed by atoms with Crippen LogP contribution < -0.4 is 5.32 Å². The highest BCUT2D eigenvalue weighted by atomic mass is 16.1. The maximum absolute atomic E-state index is 12.4. The summed E-state index contributed by atoms with van der Waals surface area (Å²) in [6, 6.07) is 10.3. The molecule has 140 valence electrons. The lowest BCUT2D eigenvalue weighted by Gasteiger charge is -2.31. The number of benzene rings is 1. The van der Waals surface area contributed by atoms with Crippen LogP contribution >= 0.6 is 0 Å². The minimum atomic E-state index is -0.120. The van der Waals surface area contributed by atoms with E-state index in [1.807, 2.05) is 12.1 Å². The fourth-order valence-corrected chi connectivity index (χ4v) is 3.70. The fraction of sp³-hybridized carbons (Fsp3) is 0.524. The molecule has 0 radical (unpaired) electrons. The van der Waals surface area contributed by atoms with Gasteiger partial charge in [0.1, 0.15) is 5.69 Å². The topological polar surface area (TPSA) is 61.0 Å². The molecule has 0 bridgehead atoms. The number of H-pyrrole nitrogens is 1. The van der Waals surface area contributed by atoms with Crippen LogP contribution in [0.1, 0.15) is 60.4 Å². The molecule has 0 saturated carbocycles. The average Bonchev–Trinajstić information content (AvgIpc) is 3.10. The highest BCUT2D eigenvalue weighted by Gasteiger charge is 2.17. The van der Waals surface area contributed by atoms with Gasteiger partial charge >= 0.3 is 0 Å². The summed E-state index contributed by atoms with van der Waals surface area (Å²) in [4.78, 5) is 14.9. The highest BCUT2D eigenvalue weighted by molar-refractivity contribution is 5.92. The van der Waals surface area contributed by atoms with Gasteiger partial charge in [0.15, 0.2) is 0 Å². The normalized spacial score (nSPS) is 18.0. The molecule has 0 spiro atoms. The van der Waals surface area contributed by atoms with E-state index in [0.29, 0.717) is 12.2 Å². The molecule has 1 aromatic heterocycles. The second-order valence-electron chi connectivity index (χ2n) is 7.46. The molecule has 1 aliphatic rings. The Morgan fingerprint density at radius 2 is 2.15 bits per heavy atom. The van der Waals surface area contributed by atoms with Crippen molar-refractivity contribution < 1.29 is 4.79 Å². The number of carbonyl (C=O) groups is 1. The van der Waals surface area contributed by atoms with Gasteiger partial charge in [-0.2, -0.15) is 5.10 Å². The number of aryl methyl sites for hydroxylation is 1. The minimum Gasteiger partial charge on any atom is -0.347 e. The van der Waals surface area contributed by atoms with Crippen molar-refractivity contribution >= 4 is 5.91 Å². The van der Waals surface area contributed by atoms with E-state index >= 15 is 0 Å². The van der Waals surface area contributed by atoms with Crippen LogP contribution in [0.15, 0.2) is 30.3 Å². The summed E-state index contributed by atoms with van der Waals surface area (Å²) in [6.07, 6.45) is 4.56. The van der Waals surface area contributed by atoms with Gasteiger partial charge in [0.05, 0.1) is 0 Å². The van der Waals surface area contributed by atoms with Gasteiger partial charge in [0.25, 0.3) is 5.91 Å². The second kappa shape index (κ2) is 8.99. The van der Waals surface area contributed by atoms with E-state index in [0.717, 1.165) is 37.5 Å². The Kier molecular flexibility index (Phi) is 6.45. The van der Waals surface area contributed by atoms with Crippen molar-refractivity contribution in [2.75, 3.05) is 13.1 Å². The molecule has 1 amide bonds. The molecule has 0 aliphatic carbocycles. The van der Waals surface area contributed by atoms with E-state index in [2.05, 4.69) is 52.5 Å². The van der Waals surface area contributed by atoms with Gasteiger partial charge in [-0.3, -0.25) is 14.8 Å². The van der Waals surface area contributed by atoms with Crippen molar-refractivity contribution in [3.8, 4) is 0 Å². The molecule has 2 N–H and O–H groups in total. The van der Waals surface area contributed by atoms with E-state index in [9.17, 15) is 4.79 Å². The van der Waals surface area contributed by atoms with Crippen molar-refractivity contribution in [1.29, 1.82) is 0 Å². The molecule has 2 aromatic rings. The summed E-state index contributed by atoms with van der Waals surface area (Å²) >= 11 is 0. The molecule has 1 saturated heterocycles. The van der Waals surface area contributed by atoms with Gasteiger partial charge in [-0.15, -0.1) is 0 Å². The van der Waals surface area contributed by atoms with Crippen LogP contribution in [-0.4, -0.2) is 34.1 Å². The third-order valence-corrected chi connectivity index (χ3v) is 5.08. The maximum atomic E-state index is 12.4. The van der Waals surface area contributed by atoms with Crippen molar-refractivity contribution in [3.05, 3.63) is 52.8 Å². The first kappa shape index (κ1) is 18.6. The monoisotopic (exact) mass is 354 g/mol. The van der Waals surface area contributed by atoms with E-state index in [4.69, 9.17) is 0 Å². The summed E-state index contributed by atoms with van der Waals surface area (Å²) < 4.78 is 0. The number of nitrogens with one attached hydrogen (secondary N) is 2. The lowest BCUT2D eigenvalue weighted by Crippen LogP contribution is -2.34. The Morgan fingerprint density at radius 1 is 1.35 bits per heavy atom. The molecule has 1 aromatic carbocycles. The van der Waals surface area contributed by atoms with Crippen LogP contribution in [0, 0.1) is 5.92 Å². The molecule has 2 heterocycles. The van der Waals surface area contributed by atoms with Crippen LogP contribution in [0.3, 0.4) is 0 Å². The van der Waals surface area contributed by atoms with Gasteiger partial charge < -0.3 is 5.32 Å². The zero-order valence-electron chi connectivity index (χ0n) is 15.9. The van der Waals surface area contributed by atoms with Crippen LogP contribution in [0.5, 0.6) is 0 Å². The van der Waals surface area contributed by atoms with E-state index < -0.39 is 0 Å². The number of aromatic amines is 1. The standard InChI is InChI=1S/C21H30N4O/c1-3-7-19-12-20(24-23-19)21(26)22-13-17-9-4-5-10-18(17)15-25-11-6-8-16(2)14-25/h4-5,9-10,12,16H,3,6-8,11,13-15H2,1-2H3,(H,22,26)(H,23,24). The van der Waals surface area contributed by atoms with Crippen molar-refractivity contribution in [2.24, 2.45) is 5.92 Å². The number of hydrogen-bond donors (Lipinski definition) is 2. The van der Waals surface area contributed by atoms with E-state index in [-0.39, 0.29) is 5.91 Å². The van der Waals surface area contributed by atoms with Crippen molar-refractivity contribution in [1.82, 2.24) is 20.4 Å². The predicted molar refractivity (Wildman–Crippen MR) is 104 cm³/mol. The SMILES string of the molecule is CCCc1cc(C(=O)NCc2ccccc2CN2CCCC(C)C2)n[nH]1. The third kappa shape index (κ3) is 4.94. The van der Waals surface area contributed by atoms with Gasteiger partial charge in [0.2, 0.25) is 0 Å². The molecule has 1 unspecified atom stereocenters. The summed E-state index contributed by atoms with van der Waals surface area (Å²) in [7, 11) is 0. The van der Waals surface area contributed by atoms with Crippen LogP contribution in [0.4, 0.5) is 0 Å². The molecule has 5 heteroatoms. The van der Waals surface area contributed by atoms with Gasteiger partial charge in [-0.05, 0) is 48.9 Å². The van der Waals surface area contributed by atoms with Crippen LogP contribution in [0.25, 0.3) is 0 Å². The van der Waals surface area contributed by atoms with Gasteiger partial charge in [0, 0.05) is 25.3 Å². The second-order valence-corrected chi connectivity index (χ2v) is 7.46. The number of likely N-dealkylation sites (tertiary alicyclic amines) is 1. The lowest BCUT2D eigenvalue weighted by molar-refractivity contribution is 0.0945. The fourth-order valence-electron chi connectivity index (χ4n) is 3.70. The van der Waals surface area contributed by atoms with Crippen molar-refractivity contribution in [2.45, 2.75) is 52.6 Å². The van der Waals surface area contributed by atoms with E-state index in [1.165, 1.54) is 30.5 Å². The van der Waals surface area contributed by atoms with E-state index in [1.54, 1.807) is 0 Å². The summed E-state index contributed by atoms with van der Waals surface area (Å²) in [5.74, 6) is 0.651. The Balaban J connectivity index is 1.59. The first-order chi connectivity index (χ1) is 12.7. The van der Waals surface area contributed by atoms with Crippen molar-refractivity contribution in [3.63, 3.8) is 0 Å². The number of carbonyl (C=O) groups excluding carboxylic acids is 1. The number of piperidine rings is 1. The molecular weight excluding hydrogens is 324 g/mol. The average molecular weight is 354 g/mol. The number of nitrogens with zero attached hydrogens (tertiary/aromatic N) is 2. The predicted octanol–water partition coefficient (Wildman–Crippen LogP) is 3.52. The zero-order valence-corrected chi connectivity index (χ0v) is 15.9. The largest absolute Gasteiger partial charge is 0.347 e. The molecule has 5 nitrogen and oxygen atoms in total. The first-order valence-electron chi connectivity index (χ1n) is 9.77. The van der Waals surface area contributed by atoms with Gasteiger partial charge in [-0.25, -0.2) is 0 Å². The quantitative estimate of drug-likeness (QED) is 0.800. The smallest absolute Gasteiger partial charge is 0.272 e. The lowest BCUT2D eigenvalue weighted by atomic mass is 9.99. The molecule has 1 atom stereocenters. The summed E-state index contributed by atoms with van der Waals surface area (Å²) in [5, 5.41) is 10.1. The summed E-state index contributed by atoms with van der Waals surface area (Å²) in [6.45, 7) is 8.26. The number of rotatable bonds is 7. The molecule has 1 fully saturated rings. The Hall–Kier alpha value is -2.14. The minimum absolute atomic E-state index is 0.120. The van der Waals surface area contributed by atoms with Gasteiger partial charge in [-0.1, -0.05) is 44.5 Å². The first-order valence-corrected chi connectivity index (χ1v) is 9.77. The molecular formula is C21H30N4O. The zero-order chi connectivity index (χ0) is 18.4. The highest BCUT2D eigenvalue weighted by Crippen LogP contribution is 2.19. The number of hydrogen-bond acceptors (Lipinski definition) is 3. The summed E-state index contributed by atoms with van der Waals surface area (Å²) in [5.41, 5.74) is 3.96. The Morgan fingerprint density at radius 3 is 2.92 bits per heavy atom. The Labute approximate surface area is 156 Å². The third-order valence-electron chi connectivity index (χ3n) is 5.08. The molecule has 26 heavy (non-hydrogen) atoms. The molecule has 3 rings (SSSR count). The maximum Gasteiger partial charge on any atom is 0.272 e. The molecule has 1 aliphatic heterocycles. The Bertz CT molecular complexity index is 724.